The molecule has 2 aromatic carbocycles. The van der Waals surface area contributed by atoms with E-state index in [0.29, 0.717) is 29.2 Å². The van der Waals surface area contributed by atoms with Gasteiger partial charge in [-0.25, -0.2) is 0 Å². The number of amides is 2. The van der Waals surface area contributed by atoms with Crippen molar-refractivity contribution in [1.82, 2.24) is 10.2 Å². The number of ether oxygens (including phenoxy) is 1. The topological polar surface area (TPSA) is 70.7 Å². The summed E-state index contributed by atoms with van der Waals surface area (Å²) in [6.45, 7) is 8.09. The van der Waals surface area contributed by atoms with Gasteiger partial charge in [0.15, 0.2) is 5.11 Å². The molecule has 0 saturated carbocycles. The van der Waals surface area contributed by atoms with E-state index in [-0.39, 0.29) is 16.9 Å². The van der Waals surface area contributed by atoms with Crippen LogP contribution in [0.1, 0.15) is 60.7 Å². The molecule has 0 fully saturated rings. The molecule has 6 nitrogen and oxygen atoms in total. The number of para-hydroxylation sites is 1. The van der Waals surface area contributed by atoms with Gasteiger partial charge >= 0.3 is 0 Å². The number of carbonyl (C=O) groups is 2. The molecular weight excluding hydrogens is 410 g/mol. The Balaban J connectivity index is 2.05. The summed E-state index contributed by atoms with van der Waals surface area (Å²) in [5.41, 5.74) is 1.64. The van der Waals surface area contributed by atoms with Crippen LogP contribution in [0.25, 0.3) is 0 Å². The van der Waals surface area contributed by atoms with Gasteiger partial charge in [-0.15, -0.1) is 0 Å². The summed E-state index contributed by atoms with van der Waals surface area (Å²) < 4.78 is 5.64. The summed E-state index contributed by atoms with van der Waals surface area (Å²) >= 11 is 5.31. The Morgan fingerprint density at radius 2 is 1.68 bits per heavy atom. The zero-order chi connectivity index (χ0) is 22.6. The molecule has 0 heterocycles. The van der Waals surface area contributed by atoms with Gasteiger partial charge in [0.05, 0.1) is 12.2 Å². The van der Waals surface area contributed by atoms with Crippen LogP contribution in [0.3, 0.4) is 0 Å². The lowest BCUT2D eigenvalue weighted by Gasteiger charge is -2.22. The lowest BCUT2D eigenvalue weighted by atomic mass is 10.1. The Morgan fingerprint density at radius 3 is 2.35 bits per heavy atom. The number of hydrogen-bond donors (Lipinski definition) is 2. The number of hydrogen-bond acceptors (Lipinski definition) is 4. The van der Waals surface area contributed by atoms with Gasteiger partial charge in [-0.1, -0.05) is 39.0 Å². The smallest absolute Gasteiger partial charge is 0.261 e. The second-order valence-electron chi connectivity index (χ2n) is 7.13. The van der Waals surface area contributed by atoms with Gasteiger partial charge in [0.1, 0.15) is 5.75 Å². The number of rotatable bonds is 10. The summed E-state index contributed by atoms with van der Waals surface area (Å²) in [5.74, 6) is 0.155. The first-order valence-electron chi connectivity index (χ1n) is 10.7. The zero-order valence-corrected chi connectivity index (χ0v) is 19.3. The number of nitrogens with zero attached hydrogens (tertiary/aromatic N) is 1. The molecule has 0 aromatic heterocycles. The molecule has 0 aliphatic heterocycles. The van der Waals surface area contributed by atoms with E-state index in [1.165, 1.54) is 0 Å². The van der Waals surface area contributed by atoms with Crippen LogP contribution in [0.15, 0.2) is 48.5 Å². The highest BCUT2D eigenvalue weighted by Gasteiger charge is 2.16. The average Bonchev–Trinajstić information content (AvgIpc) is 2.77. The highest BCUT2D eigenvalue weighted by molar-refractivity contribution is 7.80. The van der Waals surface area contributed by atoms with Crippen LogP contribution in [0.4, 0.5) is 5.69 Å². The second kappa shape index (κ2) is 12.7. The molecule has 2 rings (SSSR count). The molecule has 7 heteroatoms. The standard InChI is InChI=1S/C24H31N3O3S/c1-4-14-27(15-5-2)23(29)18-10-9-11-19(17-18)25-24(31)26-22(28)20-12-7-8-13-21(20)30-16-6-3/h7-13,17H,4-6,14-16H2,1-3H3,(H2,25,26,28,31). The monoisotopic (exact) mass is 441 g/mol. The van der Waals surface area contributed by atoms with Crippen LogP contribution in [0, 0.1) is 0 Å². The molecule has 0 unspecified atom stereocenters. The van der Waals surface area contributed by atoms with E-state index in [4.69, 9.17) is 17.0 Å². The number of thiocarbonyl (C=S) groups is 1. The van der Waals surface area contributed by atoms with Gasteiger partial charge < -0.3 is 15.0 Å². The largest absolute Gasteiger partial charge is 0.493 e. The van der Waals surface area contributed by atoms with Crippen LogP contribution in [-0.2, 0) is 0 Å². The molecule has 0 saturated heterocycles. The van der Waals surface area contributed by atoms with Crippen LogP contribution < -0.4 is 15.4 Å². The Morgan fingerprint density at radius 1 is 0.968 bits per heavy atom. The third-order valence-corrected chi connectivity index (χ3v) is 4.67. The predicted octanol–water partition coefficient (Wildman–Crippen LogP) is 4.86. The predicted molar refractivity (Wildman–Crippen MR) is 129 cm³/mol. The van der Waals surface area contributed by atoms with Crippen molar-refractivity contribution in [2.45, 2.75) is 40.0 Å². The molecular formula is C24H31N3O3S. The molecule has 31 heavy (non-hydrogen) atoms. The Kier molecular flexibility index (Phi) is 9.97. The fourth-order valence-electron chi connectivity index (χ4n) is 3.09. The van der Waals surface area contributed by atoms with Crippen molar-refractivity contribution in [3.63, 3.8) is 0 Å². The summed E-state index contributed by atoms with van der Waals surface area (Å²) in [6, 6.07) is 14.2. The minimum atomic E-state index is -0.353. The summed E-state index contributed by atoms with van der Waals surface area (Å²) in [5, 5.41) is 5.82. The van der Waals surface area contributed by atoms with Crippen molar-refractivity contribution >= 4 is 34.8 Å². The fraction of sp³-hybridized carbons (Fsp3) is 0.375. The van der Waals surface area contributed by atoms with Crippen molar-refractivity contribution < 1.29 is 14.3 Å². The van der Waals surface area contributed by atoms with Crippen molar-refractivity contribution in [2.24, 2.45) is 0 Å². The third-order valence-electron chi connectivity index (χ3n) is 4.46. The molecule has 2 aromatic rings. The van der Waals surface area contributed by atoms with Crippen LogP contribution >= 0.6 is 12.2 Å². The molecule has 0 aliphatic rings. The highest BCUT2D eigenvalue weighted by atomic mass is 32.1. The van der Waals surface area contributed by atoms with E-state index in [1.807, 2.05) is 17.9 Å². The number of carbonyl (C=O) groups excluding carboxylic acids is 2. The van der Waals surface area contributed by atoms with E-state index in [2.05, 4.69) is 24.5 Å². The van der Waals surface area contributed by atoms with Gasteiger partial charge in [-0.3, -0.25) is 14.9 Å². The van der Waals surface area contributed by atoms with Gasteiger partial charge in [0, 0.05) is 24.3 Å². The van der Waals surface area contributed by atoms with Crippen LogP contribution in [0.2, 0.25) is 0 Å². The zero-order valence-electron chi connectivity index (χ0n) is 18.4. The minimum absolute atomic E-state index is 0.00990. The summed E-state index contributed by atoms with van der Waals surface area (Å²) in [6.07, 6.45) is 2.66. The molecule has 0 spiro atoms. The molecule has 166 valence electrons. The third kappa shape index (κ3) is 7.36. The molecule has 0 radical (unpaired) electrons. The molecule has 2 N–H and O–H groups in total. The van der Waals surface area contributed by atoms with Crippen LogP contribution in [-0.4, -0.2) is 41.5 Å². The molecule has 2 amide bonds. The van der Waals surface area contributed by atoms with Gasteiger partial charge in [-0.05, 0) is 61.8 Å². The first-order chi connectivity index (χ1) is 15.0. The normalized spacial score (nSPS) is 10.3. The highest BCUT2D eigenvalue weighted by Crippen LogP contribution is 2.18. The summed E-state index contributed by atoms with van der Waals surface area (Å²) in [7, 11) is 0. The maximum atomic E-state index is 12.8. The Labute approximate surface area is 190 Å². The van der Waals surface area contributed by atoms with Crippen molar-refractivity contribution in [2.75, 3.05) is 25.0 Å². The van der Waals surface area contributed by atoms with Crippen LogP contribution in [0.5, 0.6) is 5.75 Å². The van der Waals surface area contributed by atoms with Gasteiger partial charge in [0.25, 0.3) is 11.8 Å². The van der Waals surface area contributed by atoms with E-state index in [9.17, 15) is 9.59 Å². The number of nitrogens with one attached hydrogen (secondary N) is 2. The van der Waals surface area contributed by atoms with Gasteiger partial charge in [-0.2, -0.15) is 0 Å². The fourth-order valence-corrected chi connectivity index (χ4v) is 3.30. The Hall–Kier alpha value is -2.93. The first-order valence-corrected chi connectivity index (χ1v) is 11.1. The van der Waals surface area contributed by atoms with Crippen molar-refractivity contribution in [3.8, 4) is 5.75 Å². The van der Waals surface area contributed by atoms with Crippen molar-refractivity contribution in [1.29, 1.82) is 0 Å². The van der Waals surface area contributed by atoms with E-state index in [0.717, 1.165) is 32.4 Å². The minimum Gasteiger partial charge on any atom is -0.493 e. The van der Waals surface area contributed by atoms with E-state index in [1.54, 1.807) is 42.5 Å². The van der Waals surface area contributed by atoms with E-state index < -0.39 is 0 Å². The maximum Gasteiger partial charge on any atom is 0.261 e. The lowest BCUT2D eigenvalue weighted by molar-refractivity contribution is 0.0755. The second-order valence-corrected chi connectivity index (χ2v) is 7.53. The lowest BCUT2D eigenvalue weighted by Crippen LogP contribution is -2.34. The van der Waals surface area contributed by atoms with Gasteiger partial charge in [0.2, 0.25) is 0 Å². The number of anilines is 1. The number of benzene rings is 2. The maximum absolute atomic E-state index is 12.8. The first kappa shape index (κ1) is 24.3. The Bertz CT molecular complexity index is 895. The molecule has 0 bridgehead atoms. The van der Waals surface area contributed by atoms with Crippen molar-refractivity contribution in [3.05, 3.63) is 59.7 Å². The van der Waals surface area contributed by atoms with E-state index >= 15 is 0 Å². The molecule has 0 atom stereocenters. The molecule has 0 aliphatic carbocycles. The quantitative estimate of drug-likeness (QED) is 0.515. The SMILES string of the molecule is CCCOc1ccccc1C(=O)NC(=S)Nc1cccc(C(=O)N(CCC)CCC)c1. The summed E-state index contributed by atoms with van der Waals surface area (Å²) in [4.78, 5) is 27.3. The average molecular weight is 442 g/mol.